The molecule has 1 heterocycles. The van der Waals surface area contributed by atoms with Gasteiger partial charge in [-0.1, -0.05) is 26.2 Å². The summed E-state index contributed by atoms with van der Waals surface area (Å²) < 4.78 is 5.19. The molecular weight excluding hydrogens is 252 g/mol. The van der Waals surface area contributed by atoms with Crippen LogP contribution in [-0.4, -0.2) is 50.2 Å². The maximum absolute atomic E-state index is 13.0. The first-order valence-corrected chi connectivity index (χ1v) is 8.17. The highest BCUT2D eigenvalue weighted by Gasteiger charge is 2.38. The highest BCUT2D eigenvalue weighted by molar-refractivity contribution is 5.82. The number of hydrogen-bond donors (Lipinski definition) is 1. The summed E-state index contributed by atoms with van der Waals surface area (Å²) in [6.45, 7) is 5.46. The van der Waals surface area contributed by atoms with E-state index in [-0.39, 0.29) is 5.41 Å². The van der Waals surface area contributed by atoms with Gasteiger partial charge in [-0.3, -0.25) is 4.79 Å². The monoisotopic (exact) mass is 282 g/mol. The first-order valence-electron chi connectivity index (χ1n) is 8.17. The van der Waals surface area contributed by atoms with Crippen molar-refractivity contribution in [2.75, 3.05) is 33.4 Å². The molecule has 0 aromatic heterocycles. The molecule has 4 nitrogen and oxygen atoms in total. The lowest BCUT2D eigenvalue weighted by Gasteiger charge is -2.38. The molecule has 116 valence electrons. The first-order chi connectivity index (χ1) is 9.65. The van der Waals surface area contributed by atoms with E-state index < -0.39 is 0 Å². The van der Waals surface area contributed by atoms with E-state index in [9.17, 15) is 4.79 Å². The van der Waals surface area contributed by atoms with Crippen molar-refractivity contribution >= 4 is 5.91 Å². The maximum atomic E-state index is 13.0. The Labute approximate surface area is 123 Å². The molecule has 1 atom stereocenters. The van der Waals surface area contributed by atoms with Crippen LogP contribution in [0.25, 0.3) is 0 Å². The molecule has 0 aromatic rings. The van der Waals surface area contributed by atoms with E-state index in [2.05, 4.69) is 17.1 Å². The topological polar surface area (TPSA) is 41.6 Å². The molecule has 2 aliphatic rings. The zero-order chi connectivity index (χ0) is 14.4. The predicted molar refractivity (Wildman–Crippen MR) is 80.7 cm³/mol. The average Bonchev–Trinajstić information content (AvgIpc) is 2.96. The third-order valence-corrected chi connectivity index (χ3v) is 4.93. The van der Waals surface area contributed by atoms with Crippen LogP contribution in [0, 0.1) is 5.41 Å². The summed E-state index contributed by atoms with van der Waals surface area (Å²) >= 11 is 0. The number of carbonyl (C=O) groups is 1. The van der Waals surface area contributed by atoms with Gasteiger partial charge < -0.3 is 15.0 Å². The molecule has 0 spiro atoms. The largest absolute Gasteiger partial charge is 0.383 e. The third kappa shape index (κ3) is 3.95. The van der Waals surface area contributed by atoms with Crippen molar-refractivity contribution in [3.8, 4) is 0 Å². The van der Waals surface area contributed by atoms with Gasteiger partial charge in [-0.2, -0.15) is 0 Å². The van der Waals surface area contributed by atoms with Gasteiger partial charge in [0, 0.05) is 31.7 Å². The fourth-order valence-corrected chi connectivity index (χ4v) is 3.58. The van der Waals surface area contributed by atoms with Gasteiger partial charge in [0.25, 0.3) is 0 Å². The lowest BCUT2D eigenvalue weighted by Crippen LogP contribution is -2.49. The normalized spacial score (nSPS) is 25.6. The number of hydrogen-bond acceptors (Lipinski definition) is 3. The Morgan fingerprint density at radius 3 is 2.65 bits per heavy atom. The Kier molecular flexibility index (Phi) is 5.85. The van der Waals surface area contributed by atoms with Gasteiger partial charge in [-0.25, -0.2) is 0 Å². The standard InChI is InChI=1S/C16H30N2O2/c1-16(8-4-3-5-9-16)15(19)18(11-12-20-2)13-14-7-6-10-17-14/h14,17H,3-13H2,1-2H3. The van der Waals surface area contributed by atoms with Crippen molar-refractivity contribution in [3.63, 3.8) is 0 Å². The summed E-state index contributed by atoms with van der Waals surface area (Å²) in [6, 6.07) is 0.475. The van der Waals surface area contributed by atoms with Crippen LogP contribution in [0.4, 0.5) is 0 Å². The molecule has 0 bridgehead atoms. The molecule has 1 aliphatic carbocycles. The molecule has 1 unspecified atom stereocenters. The summed E-state index contributed by atoms with van der Waals surface area (Å²) in [5.74, 6) is 0.350. The second kappa shape index (κ2) is 7.41. The summed E-state index contributed by atoms with van der Waals surface area (Å²) in [5, 5.41) is 3.50. The van der Waals surface area contributed by atoms with Gasteiger partial charge in [-0.05, 0) is 32.2 Å². The Hall–Kier alpha value is -0.610. The van der Waals surface area contributed by atoms with E-state index in [1.54, 1.807) is 7.11 Å². The van der Waals surface area contributed by atoms with Crippen molar-refractivity contribution < 1.29 is 9.53 Å². The van der Waals surface area contributed by atoms with Crippen molar-refractivity contribution in [1.29, 1.82) is 0 Å². The molecular formula is C16H30N2O2. The van der Waals surface area contributed by atoms with Crippen molar-refractivity contribution in [3.05, 3.63) is 0 Å². The fraction of sp³-hybridized carbons (Fsp3) is 0.938. The van der Waals surface area contributed by atoms with Crippen LogP contribution in [0.2, 0.25) is 0 Å². The lowest BCUT2D eigenvalue weighted by atomic mass is 9.74. The molecule has 1 amide bonds. The van der Waals surface area contributed by atoms with Crippen LogP contribution < -0.4 is 5.32 Å². The molecule has 20 heavy (non-hydrogen) atoms. The van der Waals surface area contributed by atoms with Crippen molar-refractivity contribution in [1.82, 2.24) is 10.2 Å². The quantitative estimate of drug-likeness (QED) is 0.812. The summed E-state index contributed by atoms with van der Waals surface area (Å²) in [4.78, 5) is 15.0. The van der Waals surface area contributed by atoms with Gasteiger partial charge in [0.15, 0.2) is 0 Å². The maximum Gasteiger partial charge on any atom is 0.228 e. The average molecular weight is 282 g/mol. The number of carbonyl (C=O) groups excluding carboxylic acids is 1. The van der Waals surface area contributed by atoms with E-state index in [0.29, 0.717) is 18.6 Å². The van der Waals surface area contributed by atoms with E-state index in [1.165, 1.54) is 32.1 Å². The van der Waals surface area contributed by atoms with Crippen molar-refractivity contribution in [2.45, 2.75) is 57.9 Å². The molecule has 1 saturated heterocycles. The highest BCUT2D eigenvalue weighted by atomic mass is 16.5. The van der Waals surface area contributed by atoms with Gasteiger partial charge in [0.2, 0.25) is 5.91 Å². The molecule has 1 saturated carbocycles. The SMILES string of the molecule is COCCN(CC1CCCN1)C(=O)C1(C)CCCCC1. The number of methoxy groups -OCH3 is 1. The highest BCUT2D eigenvalue weighted by Crippen LogP contribution is 2.37. The number of nitrogens with zero attached hydrogens (tertiary/aromatic N) is 1. The number of amides is 1. The van der Waals surface area contributed by atoms with Crippen LogP contribution in [0.3, 0.4) is 0 Å². The van der Waals surface area contributed by atoms with E-state index in [1.807, 2.05) is 0 Å². The van der Waals surface area contributed by atoms with Crippen molar-refractivity contribution in [2.24, 2.45) is 5.41 Å². The molecule has 1 aliphatic heterocycles. The van der Waals surface area contributed by atoms with E-state index in [0.717, 1.165) is 32.5 Å². The molecule has 4 heteroatoms. The minimum absolute atomic E-state index is 0.134. The zero-order valence-corrected chi connectivity index (χ0v) is 13.1. The second-order valence-corrected chi connectivity index (χ2v) is 6.66. The summed E-state index contributed by atoms with van der Waals surface area (Å²) in [6.07, 6.45) is 8.19. The van der Waals surface area contributed by atoms with Gasteiger partial charge in [-0.15, -0.1) is 0 Å². The minimum Gasteiger partial charge on any atom is -0.383 e. The van der Waals surface area contributed by atoms with E-state index >= 15 is 0 Å². The Morgan fingerprint density at radius 2 is 2.05 bits per heavy atom. The third-order valence-electron chi connectivity index (χ3n) is 4.93. The van der Waals surface area contributed by atoms with E-state index in [4.69, 9.17) is 4.74 Å². The van der Waals surface area contributed by atoms with Gasteiger partial charge in [0.1, 0.15) is 0 Å². The molecule has 1 N–H and O–H groups in total. The number of rotatable bonds is 6. The Balaban J connectivity index is 1.97. The number of ether oxygens (including phenoxy) is 1. The Morgan fingerprint density at radius 1 is 1.30 bits per heavy atom. The summed E-state index contributed by atoms with van der Waals surface area (Å²) in [5.41, 5.74) is -0.134. The van der Waals surface area contributed by atoms with Crippen LogP contribution in [0.15, 0.2) is 0 Å². The van der Waals surface area contributed by atoms with Crippen LogP contribution in [0.1, 0.15) is 51.9 Å². The van der Waals surface area contributed by atoms with Gasteiger partial charge >= 0.3 is 0 Å². The predicted octanol–water partition coefficient (Wildman–Crippen LogP) is 2.18. The smallest absolute Gasteiger partial charge is 0.228 e. The second-order valence-electron chi connectivity index (χ2n) is 6.66. The zero-order valence-electron chi connectivity index (χ0n) is 13.1. The minimum atomic E-state index is -0.134. The van der Waals surface area contributed by atoms with Crippen LogP contribution in [-0.2, 0) is 9.53 Å². The fourth-order valence-electron chi connectivity index (χ4n) is 3.58. The van der Waals surface area contributed by atoms with Crippen LogP contribution >= 0.6 is 0 Å². The molecule has 2 rings (SSSR count). The molecule has 0 radical (unpaired) electrons. The van der Waals surface area contributed by atoms with Crippen LogP contribution in [0.5, 0.6) is 0 Å². The molecule has 2 fully saturated rings. The molecule has 0 aromatic carbocycles. The number of nitrogens with one attached hydrogen (secondary N) is 1. The summed E-state index contributed by atoms with van der Waals surface area (Å²) in [7, 11) is 1.71. The van der Waals surface area contributed by atoms with Gasteiger partial charge in [0.05, 0.1) is 6.61 Å². The Bertz CT molecular complexity index is 308. The lowest BCUT2D eigenvalue weighted by molar-refractivity contribution is -0.144. The first kappa shape index (κ1) is 15.8.